The zero-order valence-electron chi connectivity index (χ0n) is 8.28. The van der Waals surface area contributed by atoms with Crippen molar-refractivity contribution in [3.63, 3.8) is 0 Å². The molecule has 1 rings (SSSR count). The van der Waals surface area contributed by atoms with Gasteiger partial charge in [-0.2, -0.15) is 0 Å². The molecule has 0 bridgehead atoms. The highest BCUT2D eigenvalue weighted by molar-refractivity contribution is 5.91. The second kappa shape index (κ2) is 3.33. The van der Waals surface area contributed by atoms with E-state index in [0.29, 0.717) is 12.8 Å². The molecular formula is C10H13NO3. The van der Waals surface area contributed by atoms with Crippen LogP contribution in [0.25, 0.3) is 0 Å². The quantitative estimate of drug-likeness (QED) is 0.646. The third-order valence-electron chi connectivity index (χ3n) is 2.73. The Morgan fingerprint density at radius 2 is 2.43 bits per heavy atom. The van der Waals surface area contributed by atoms with E-state index in [4.69, 9.17) is 11.5 Å². The molecule has 1 saturated heterocycles. The molecule has 1 fully saturated rings. The van der Waals surface area contributed by atoms with Crippen LogP contribution in [-0.2, 0) is 9.59 Å². The van der Waals surface area contributed by atoms with Gasteiger partial charge in [0.1, 0.15) is 6.04 Å². The molecule has 0 radical (unpaired) electrons. The first-order chi connectivity index (χ1) is 6.42. The Bertz CT molecular complexity index is 318. The summed E-state index contributed by atoms with van der Waals surface area (Å²) in [7, 11) is 1.50. The Labute approximate surface area is 82.9 Å². The number of carboxylic acid groups (broad SMARTS) is 1. The van der Waals surface area contributed by atoms with Gasteiger partial charge in [0.15, 0.2) is 0 Å². The fraction of sp³-hybridized carbons (Fsp3) is 0.600. The fourth-order valence-electron chi connectivity index (χ4n) is 1.84. The van der Waals surface area contributed by atoms with E-state index in [2.05, 4.69) is 5.92 Å². The molecule has 2 unspecified atom stereocenters. The van der Waals surface area contributed by atoms with Crippen LogP contribution in [0.15, 0.2) is 0 Å². The molecule has 0 aromatic rings. The summed E-state index contributed by atoms with van der Waals surface area (Å²) >= 11 is 0. The zero-order valence-corrected chi connectivity index (χ0v) is 8.28. The van der Waals surface area contributed by atoms with Crippen molar-refractivity contribution in [3.05, 3.63) is 0 Å². The molecule has 0 saturated carbocycles. The van der Waals surface area contributed by atoms with E-state index in [0.717, 1.165) is 0 Å². The maximum Gasteiger partial charge on any atom is 0.326 e. The number of hydrogen-bond acceptors (Lipinski definition) is 2. The van der Waals surface area contributed by atoms with Crippen LogP contribution in [0.5, 0.6) is 0 Å². The molecule has 0 aromatic carbocycles. The van der Waals surface area contributed by atoms with Crippen LogP contribution in [0.3, 0.4) is 0 Å². The molecule has 0 spiro atoms. The van der Waals surface area contributed by atoms with E-state index in [1.165, 1.54) is 11.9 Å². The van der Waals surface area contributed by atoms with Crippen LogP contribution in [0.2, 0.25) is 0 Å². The normalized spacial score (nSPS) is 31.6. The van der Waals surface area contributed by atoms with Crippen molar-refractivity contribution in [2.75, 3.05) is 7.05 Å². The first-order valence-electron chi connectivity index (χ1n) is 4.36. The first kappa shape index (κ1) is 10.6. The monoisotopic (exact) mass is 195 g/mol. The van der Waals surface area contributed by atoms with Gasteiger partial charge in [0.2, 0.25) is 5.91 Å². The highest BCUT2D eigenvalue weighted by atomic mass is 16.4. The van der Waals surface area contributed by atoms with E-state index >= 15 is 0 Å². The SMILES string of the molecule is C#CCC1(C)CC(C(=O)O)N(C)C1=O. The van der Waals surface area contributed by atoms with Crippen LogP contribution in [-0.4, -0.2) is 35.0 Å². The summed E-state index contributed by atoms with van der Waals surface area (Å²) in [6, 6.07) is -0.735. The topological polar surface area (TPSA) is 57.6 Å². The molecular weight excluding hydrogens is 182 g/mol. The average molecular weight is 195 g/mol. The lowest BCUT2D eigenvalue weighted by atomic mass is 9.84. The van der Waals surface area contributed by atoms with Gasteiger partial charge in [0, 0.05) is 13.5 Å². The maximum atomic E-state index is 11.7. The lowest BCUT2D eigenvalue weighted by Crippen LogP contribution is -2.36. The van der Waals surface area contributed by atoms with Gasteiger partial charge in [0.05, 0.1) is 5.41 Å². The second-order valence-electron chi connectivity index (χ2n) is 3.92. The van der Waals surface area contributed by atoms with Gasteiger partial charge < -0.3 is 10.0 Å². The standard InChI is InChI=1S/C10H13NO3/c1-4-5-10(2)6-7(8(12)13)11(3)9(10)14/h1,7H,5-6H2,2-3H3,(H,12,13). The van der Waals surface area contributed by atoms with Crippen molar-refractivity contribution in [2.24, 2.45) is 5.41 Å². The van der Waals surface area contributed by atoms with E-state index in [-0.39, 0.29) is 5.91 Å². The average Bonchev–Trinajstić information content (AvgIpc) is 2.31. The van der Waals surface area contributed by atoms with Crippen LogP contribution in [0.4, 0.5) is 0 Å². The van der Waals surface area contributed by atoms with Crippen molar-refractivity contribution in [1.29, 1.82) is 0 Å². The Morgan fingerprint density at radius 1 is 1.86 bits per heavy atom. The third kappa shape index (κ3) is 1.46. The number of carboxylic acids is 1. The number of carbonyl (C=O) groups is 2. The van der Waals surface area contributed by atoms with E-state index in [1.54, 1.807) is 6.92 Å². The minimum Gasteiger partial charge on any atom is -0.480 e. The summed E-state index contributed by atoms with van der Waals surface area (Å²) in [4.78, 5) is 23.8. The van der Waals surface area contributed by atoms with Crippen LogP contribution in [0.1, 0.15) is 19.8 Å². The lowest BCUT2D eigenvalue weighted by Gasteiger charge is -2.18. The molecule has 76 valence electrons. The lowest BCUT2D eigenvalue weighted by molar-refractivity contribution is -0.145. The Hall–Kier alpha value is -1.50. The largest absolute Gasteiger partial charge is 0.480 e. The number of terminal acetylenes is 1. The van der Waals surface area contributed by atoms with Gasteiger partial charge in [-0.05, 0) is 13.3 Å². The Morgan fingerprint density at radius 3 is 2.79 bits per heavy atom. The highest BCUT2D eigenvalue weighted by Gasteiger charge is 2.48. The van der Waals surface area contributed by atoms with Crippen molar-refractivity contribution >= 4 is 11.9 Å². The molecule has 1 aliphatic heterocycles. The highest BCUT2D eigenvalue weighted by Crippen LogP contribution is 2.37. The molecule has 4 heteroatoms. The van der Waals surface area contributed by atoms with Crippen LogP contribution < -0.4 is 0 Å². The van der Waals surface area contributed by atoms with Gasteiger partial charge in [-0.1, -0.05) is 0 Å². The fourth-order valence-corrected chi connectivity index (χ4v) is 1.84. The molecule has 2 atom stereocenters. The van der Waals surface area contributed by atoms with Crippen molar-refractivity contribution in [1.82, 2.24) is 4.90 Å². The summed E-state index contributed by atoms with van der Waals surface area (Å²) in [6.07, 6.45) is 5.74. The molecule has 1 aliphatic rings. The van der Waals surface area contributed by atoms with Gasteiger partial charge in [-0.25, -0.2) is 4.79 Å². The van der Waals surface area contributed by atoms with Crippen molar-refractivity contribution in [2.45, 2.75) is 25.8 Å². The van der Waals surface area contributed by atoms with Crippen LogP contribution in [0, 0.1) is 17.8 Å². The number of nitrogens with zero attached hydrogens (tertiary/aromatic N) is 1. The molecule has 1 amide bonds. The number of rotatable bonds is 2. The first-order valence-corrected chi connectivity index (χ1v) is 4.36. The summed E-state index contributed by atoms with van der Waals surface area (Å²) in [5, 5.41) is 8.86. The smallest absolute Gasteiger partial charge is 0.326 e. The van der Waals surface area contributed by atoms with Crippen molar-refractivity contribution < 1.29 is 14.7 Å². The van der Waals surface area contributed by atoms with E-state index in [9.17, 15) is 9.59 Å². The maximum absolute atomic E-state index is 11.7. The summed E-state index contributed by atoms with van der Waals surface area (Å²) in [5.41, 5.74) is -0.702. The predicted molar refractivity (Wildman–Crippen MR) is 50.4 cm³/mol. The molecule has 1 N–H and O–H groups in total. The Balaban J connectivity index is 2.93. The molecule has 0 aromatic heterocycles. The molecule has 1 heterocycles. The number of likely N-dealkylation sites (N-methyl/N-ethyl adjacent to an activating group) is 1. The van der Waals surface area contributed by atoms with Crippen molar-refractivity contribution in [3.8, 4) is 12.3 Å². The predicted octanol–water partition coefficient (Wildman–Crippen LogP) is 0.331. The second-order valence-corrected chi connectivity index (χ2v) is 3.92. The Kier molecular flexibility index (Phi) is 2.52. The number of amides is 1. The van der Waals surface area contributed by atoms with E-state index < -0.39 is 17.4 Å². The summed E-state index contributed by atoms with van der Waals surface area (Å²) in [6.45, 7) is 1.72. The molecule has 4 nitrogen and oxygen atoms in total. The number of aliphatic carboxylic acids is 1. The molecule has 14 heavy (non-hydrogen) atoms. The van der Waals surface area contributed by atoms with Gasteiger partial charge in [-0.3, -0.25) is 4.79 Å². The van der Waals surface area contributed by atoms with E-state index in [1.807, 2.05) is 0 Å². The number of carbonyl (C=O) groups excluding carboxylic acids is 1. The summed E-state index contributed by atoms with van der Waals surface area (Å²) in [5.74, 6) is 1.27. The minimum atomic E-state index is -0.971. The minimum absolute atomic E-state index is 0.178. The zero-order chi connectivity index (χ0) is 10.9. The number of hydrogen-bond donors (Lipinski definition) is 1. The molecule has 0 aliphatic carbocycles. The van der Waals surface area contributed by atoms with Crippen LogP contribution >= 0.6 is 0 Å². The van der Waals surface area contributed by atoms with Gasteiger partial charge >= 0.3 is 5.97 Å². The summed E-state index contributed by atoms with van der Waals surface area (Å²) < 4.78 is 0. The van der Waals surface area contributed by atoms with Gasteiger partial charge in [-0.15, -0.1) is 12.3 Å². The third-order valence-corrected chi connectivity index (χ3v) is 2.73. The van der Waals surface area contributed by atoms with Gasteiger partial charge in [0.25, 0.3) is 0 Å². The number of likely N-dealkylation sites (tertiary alicyclic amines) is 1.